The molecule has 3 nitrogen and oxygen atoms in total. The molecule has 2 aliphatic rings. The third kappa shape index (κ3) is 1.64. The van der Waals surface area contributed by atoms with Crippen LogP contribution in [0.3, 0.4) is 0 Å². The van der Waals surface area contributed by atoms with Crippen LogP contribution in [0.5, 0.6) is 5.75 Å². The highest BCUT2D eigenvalue weighted by Crippen LogP contribution is 2.20. The number of ether oxygens (including phenoxy) is 2. The first kappa shape index (κ1) is 11.1. The van der Waals surface area contributed by atoms with Gasteiger partial charge < -0.3 is 15.2 Å². The van der Waals surface area contributed by atoms with E-state index < -0.39 is 0 Å². The lowest BCUT2D eigenvalue weighted by atomic mass is 9.97. The summed E-state index contributed by atoms with van der Waals surface area (Å²) in [6.45, 7) is 0.390. The summed E-state index contributed by atoms with van der Waals surface area (Å²) < 4.78 is 11.2. The van der Waals surface area contributed by atoms with Crippen molar-refractivity contribution < 1.29 is 9.47 Å². The molecule has 1 aliphatic carbocycles. The monoisotopic (exact) mass is 241 g/mol. The van der Waals surface area contributed by atoms with Crippen molar-refractivity contribution in [3.63, 3.8) is 0 Å². The van der Waals surface area contributed by atoms with E-state index in [1.54, 1.807) is 7.11 Å². The molecular formula is C15H15NO2. The van der Waals surface area contributed by atoms with Gasteiger partial charge in [-0.3, -0.25) is 0 Å². The van der Waals surface area contributed by atoms with E-state index in [0.29, 0.717) is 6.54 Å². The van der Waals surface area contributed by atoms with Crippen LogP contribution < -0.4 is 20.9 Å². The number of hydrogen-bond donors (Lipinski definition) is 1. The number of allylic oxidation sites excluding steroid dienone is 2. The molecule has 0 spiro atoms. The van der Waals surface area contributed by atoms with Crippen molar-refractivity contribution in [2.24, 2.45) is 5.73 Å². The average Bonchev–Trinajstić information content (AvgIpc) is 2.45. The molecule has 0 bridgehead atoms. The Kier molecular flexibility index (Phi) is 2.68. The summed E-state index contributed by atoms with van der Waals surface area (Å²) in [6, 6.07) is 6.01. The molecule has 0 saturated carbocycles. The molecule has 1 aliphatic heterocycles. The standard InChI is InChI=1S/C15H15NO2/c1-17-10-6-7-11-12-4-2-3-5-14(12)18-15(9-16)13(11)8-10/h2-8,14H,9,16H2,1H3. The molecule has 1 atom stereocenters. The van der Waals surface area contributed by atoms with E-state index in [1.807, 2.05) is 30.4 Å². The Bertz CT molecular complexity index is 656. The van der Waals surface area contributed by atoms with E-state index >= 15 is 0 Å². The topological polar surface area (TPSA) is 44.5 Å². The first-order valence-corrected chi connectivity index (χ1v) is 5.96. The lowest BCUT2D eigenvalue weighted by Crippen LogP contribution is -2.40. The highest BCUT2D eigenvalue weighted by atomic mass is 16.5. The SMILES string of the molecule is COc1ccc2c(c1)=C(CN)OC1C=CC=CC=21. The third-order valence-corrected chi connectivity index (χ3v) is 3.27. The summed E-state index contributed by atoms with van der Waals surface area (Å²) in [5.41, 5.74) is 6.95. The molecule has 3 heteroatoms. The number of benzene rings is 1. The van der Waals surface area contributed by atoms with E-state index in [4.69, 9.17) is 15.2 Å². The van der Waals surface area contributed by atoms with Crippen LogP contribution in [0.2, 0.25) is 0 Å². The normalized spacial score (nSPS) is 20.2. The minimum Gasteiger partial charge on any atom is -0.497 e. The van der Waals surface area contributed by atoms with Crippen LogP contribution in [0.25, 0.3) is 11.3 Å². The Morgan fingerprint density at radius 2 is 2.17 bits per heavy atom. The van der Waals surface area contributed by atoms with Gasteiger partial charge in [0.1, 0.15) is 17.6 Å². The van der Waals surface area contributed by atoms with Crippen LogP contribution in [0, 0.1) is 0 Å². The summed E-state index contributed by atoms with van der Waals surface area (Å²) in [6.07, 6.45) is 8.13. The Morgan fingerprint density at radius 3 is 2.94 bits per heavy atom. The van der Waals surface area contributed by atoms with E-state index in [2.05, 4.69) is 12.1 Å². The van der Waals surface area contributed by atoms with E-state index in [0.717, 1.165) is 16.7 Å². The van der Waals surface area contributed by atoms with Gasteiger partial charge in [0.15, 0.2) is 0 Å². The predicted octanol–water partition coefficient (Wildman–Crippen LogP) is 0.438. The van der Waals surface area contributed by atoms with E-state index in [-0.39, 0.29) is 6.10 Å². The average molecular weight is 241 g/mol. The molecule has 0 amide bonds. The first-order valence-electron chi connectivity index (χ1n) is 5.96. The Morgan fingerprint density at radius 1 is 1.28 bits per heavy atom. The third-order valence-electron chi connectivity index (χ3n) is 3.27. The van der Waals surface area contributed by atoms with Crippen molar-refractivity contribution in [1.29, 1.82) is 0 Å². The molecule has 0 fully saturated rings. The second-order valence-electron chi connectivity index (χ2n) is 4.28. The largest absolute Gasteiger partial charge is 0.497 e. The van der Waals surface area contributed by atoms with Crippen LogP contribution in [0.1, 0.15) is 0 Å². The van der Waals surface area contributed by atoms with Gasteiger partial charge in [0.2, 0.25) is 0 Å². The molecule has 1 unspecified atom stereocenters. The van der Waals surface area contributed by atoms with Crippen LogP contribution >= 0.6 is 0 Å². The second kappa shape index (κ2) is 4.35. The fraction of sp³-hybridized carbons (Fsp3) is 0.200. The van der Waals surface area contributed by atoms with Crippen molar-refractivity contribution in [3.8, 4) is 5.75 Å². The molecule has 0 aromatic heterocycles. The summed E-state index contributed by atoms with van der Waals surface area (Å²) in [5, 5.41) is 2.20. The maximum atomic E-state index is 5.93. The molecule has 1 heterocycles. The van der Waals surface area contributed by atoms with Crippen molar-refractivity contribution in [2.45, 2.75) is 6.10 Å². The van der Waals surface area contributed by atoms with Gasteiger partial charge in [-0.2, -0.15) is 0 Å². The van der Waals surface area contributed by atoms with Crippen molar-refractivity contribution in [2.75, 3.05) is 13.7 Å². The summed E-state index contributed by atoms with van der Waals surface area (Å²) in [4.78, 5) is 0. The van der Waals surface area contributed by atoms with Crippen molar-refractivity contribution in [3.05, 3.63) is 52.9 Å². The minimum absolute atomic E-state index is 0.0190. The van der Waals surface area contributed by atoms with Gasteiger partial charge in [-0.15, -0.1) is 0 Å². The second-order valence-corrected chi connectivity index (χ2v) is 4.28. The van der Waals surface area contributed by atoms with Crippen LogP contribution in [0.4, 0.5) is 0 Å². The maximum Gasteiger partial charge on any atom is 0.142 e. The molecule has 1 aromatic rings. The van der Waals surface area contributed by atoms with Crippen molar-refractivity contribution >= 4 is 11.3 Å². The van der Waals surface area contributed by atoms with Gasteiger partial charge >= 0.3 is 0 Å². The molecule has 0 radical (unpaired) electrons. The van der Waals surface area contributed by atoms with Crippen molar-refractivity contribution in [1.82, 2.24) is 0 Å². The molecule has 18 heavy (non-hydrogen) atoms. The maximum absolute atomic E-state index is 5.93. The highest BCUT2D eigenvalue weighted by Gasteiger charge is 2.20. The Balaban J connectivity index is 2.36. The van der Waals surface area contributed by atoms with Crippen LogP contribution in [-0.2, 0) is 4.74 Å². The molecular weight excluding hydrogens is 226 g/mol. The number of nitrogens with two attached hydrogens (primary N) is 1. The fourth-order valence-electron chi connectivity index (χ4n) is 2.38. The number of rotatable bonds is 2. The molecule has 1 aromatic carbocycles. The number of hydrogen-bond acceptors (Lipinski definition) is 3. The van der Waals surface area contributed by atoms with E-state index in [1.165, 1.54) is 10.8 Å². The number of methoxy groups -OCH3 is 1. The minimum atomic E-state index is -0.0190. The molecule has 92 valence electrons. The van der Waals surface area contributed by atoms with Gasteiger partial charge in [-0.1, -0.05) is 24.3 Å². The van der Waals surface area contributed by atoms with Gasteiger partial charge in [0, 0.05) is 10.8 Å². The zero-order chi connectivity index (χ0) is 12.5. The van der Waals surface area contributed by atoms with Crippen LogP contribution in [0.15, 0.2) is 42.5 Å². The fourth-order valence-corrected chi connectivity index (χ4v) is 2.38. The van der Waals surface area contributed by atoms with Gasteiger partial charge in [0.25, 0.3) is 0 Å². The smallest absolute Gasteiger partial charge is 0.142 e. The van der Waals surface area contributed by atoms with Gasteiger partial charge in [-0.05, 0) is 23.4 Å². The lowest BCUT2D eigenvalue weighted by Gasteiger charge is -2.25. The number of fused-ring (bicyclic) bond motifs is 2. The zero-order valence-electron chi connectivity index (χ0n) is 10.2. The van der Waals surface area contributed by atoms with E-state index in [9.17, 15) is 0 Å². The lowest BCUT2D eigenvalue weighted by molar-refractivity contribution is 0.248. The summed E-state index contributed by atoms with van der Waals surface area (Å²) in [7, 11) is 1.66. The van der Waals surface area contributed by atoms with Gasteiger partial charge in [-0.25, -0.2) is 0 Å². The first-order chi connectivity index (χ1) is 8.83. The molecule has 0 saturated heterocycles. The Hall–Kier alpha value is -2.00. The quantitative estimate of drug-likeness (QED) is 0.817. The van der Waals surface area contributed by atoms with Gasteiger partial charge in [0.05, 0.1) is 13.7 Å². The Labute approximate surface area is 106 Å². The molecule has 3 rings (SSSR count). The summed E-state index contributed by atoms with van der Waals surface area (Å²) >= 11 is 0. The van der Waals surface area contributed by atoms with Crippen LogP contribution in [-0.4, -0.2) is 19.8 Å². The highest BCUT2D eigenvalue weighted by molar-refractivity contribution is 5.69. The molecule has 2 N–H and O–H groups in total. The predicted molar refractivity (Wildman–Crippen MR) is 71.3 cm³/mol. The summed E-state index contributed by atoms with van der Waals surface area (Å²) in [5.74, 6) is 1.63. The zero-order valence-corrected chi connectivity index (χ0v) is 10.2.